The molecule has 0 saturated carbocycles. The van der Waals surface area contributed by atoms with E-state index >= 15 is 0 Å². The van der Waals surface area contributed by atoms with E-state index in [1.807, 2.05) is 30.5 Å². The summed E-state index contributed by atoms with van der Waals surface area (Å²) in [5, 5.41) is 9.28. The Labute approximate surface area is 164 Å². The third-order valence-electron chi connectivity index (χ3n) is 4.08. The SMILES string of the molecule is C=CCn1c(SCC(=O)N(CC)CC)nnc1-c1cc(OC)cc(OC)c1. The number of rotatable bonds is 10. The number of thioether (sulfide) groups is 1. The molecule has 146 valence electrons. The molecule has 0 fully saturated rings. The monoisotopic (exact) mass is 390 g/mol. The van der Waals surface area contributed by atoms with Gasteiger partial charge < -0.3 is 14.4 Å². The molecule has 8 heteroatoms. The molecule has 0 aliphatic rings. The number of amides is 1. The summed E-state index contributed by atoms with van der Waals surface area (Å²) in [6.45, 7) is 9.69. The maximum Gasteiger partial charge on any atom is 0.233 e. The van der Waals surface area contributed by atoms with Gasteiger partial charge in [-0.3, -0.25) is 9.36 Å². The third-order valence-corrected chi connectivity index (χ3v) is 5.03. The Morgan fingerprint density at radius 1 is 1.19 bits per heavy atom. The Bertz CT molecular complexity index is 765. The van der Waals surface area contributed by atoms with Gasteiger partial charge in [-0.2, -0.15) is 0 Å². The fraction of sp³-hybridized carbons (Fsp3) is 0.421. The number of carbonyl (C=O) groups is 1. The molecule has 1 aromatic carbocycles. The van der Waals surface area contributed by atoms with Gasteiger partial charge in [-0.05, 0) is 26.0 Å². The minimum atomic E-state index is 0.0859. The van der Waals surface area contributed by atoms with E-state index in [1.54, 1.807) is 31.3 Å². The van der Waals surface area contributed by atoms with E-state index in [0.29, 0.717) is 47.9 Å². The highest BCUT2D eigenvalue weighted by molar-refractivity contribution is 7.99. The van der Waals surface area contributed by atoms with Gasteiger partial charge in [-0.25, -0.2) is 0 Å². The summed E-state index contributed by atoms with van der Waals surface area (Å²) in [5.41, 5.74) is 0.822. The van der Waals surface area contributed by atoms with Gasteiger partial charge in [0.15, 0.2) is 11.0 Å². The van der Waals surface area contributed by atoms with Crippen molar-refractivity contribution < 1.29 is 14.3 Å². The molecule has 0 atom stereocenters. The summed E-state index contributed by atoms with van der Waals surface area (Å²) in [6.07, 6.45) is 1.78. The van der Waals surface area contributed by atoms with Gasteiger partial charge in [-0.15, -0.1) is 16.8 Å². The van der Waals surface area contributed by atoms with Gasteiger partial charge in [0.2, 0.25) is 5.91 Å². The van der Waals surface area contributed by atoms with E-state index < -0.39 is 0 Å². The topological polar surface area (TPSA) is 69.5 Å². The van der Waals surface area contributed by atoms with Gasteiger partial charge in [0, 0.05) is 31.3 Å². The minimum absolute atomic E-state index is 0.0859. The van der Waals surface area contributed by atoms with Gasteiger partial charge in [0.05, 0.1) is 20.0 Å². The maximum atomic E-state index is 12.3. The first kappa shape index (κ1) is 20.8. The van der Waals surface area contributed by atoms with Gasteiger partial charge in [0.25, 0.3) is 0 Å². The van der Waals surface area contributed by atoms with Crippen molar-refractivity contribution >= 4 is 17.7 Å². The number of nitrogens with zero attached hydrogens (tertiary/aromatic N) is 4. The van der Waals surface area contributed by atoms with Crippen LogP contribution in [0.15, 0.2) is 36.0 Å². The predicted octanol–water partition coefficient (Wildman–Crippen LogP) is 3.11. The number of ether oxygens (including phenoxy) is 2. The van der Waals surface area contributed by atoms with E-state index in [-0.39, 0.29) is 5.91 Å². The molecule has 0 aliphatic carbocycles. The van der Waals surface area contributed by atoms with Crippen molar-refractivity contribution in [3.8, 4) is 22.9 Å². The first-order valence-corrected chi connectivity index (χ1v) is 9.74. The second-order valence-electron chi connectivity index (χ2n) is 5.66. The van der Waals surface area contributed by atoms with Crippen LogP contribution in [0, 0.1) is 0 Å². The van der Waals surface area contributed by atoms with Crippen molar-refractivity contribution in [2.24, 2.45) is 0 Å². The number of hydrogen-bond acceptors (Lipinski definition) is 6. The Morgan fingerprint density at radius 3 is 2.33 bits per heavy atom. The van der Waals surface area contributed by atoms with Crippen LogP contribution in [0.4, 0.5) is 0 Å². The molecular weight excluding hydrogens is 364 g/mol. The summed E-state index contributed by atoms with van der Waals surface area (Å²) in [4.78, 5) is 14.1. The van der Waals surface area contributed by atoms with Crippen LogP contribution < -0.4 is 9.47 Å². The average molecular weight is 391 g/mol. The number of hydrogen-bond donors (Lipinski definition) is 0. The molecule has 0 spiro atoms. The van der Waals surface area contributed by atoms with E-state index in [1.165, 1.54) is 11.8 Å². The van der Waals surface area contributed by atoms with Crippen LogP contribution in [-0.2, 0) is 11.3 Å². The molecule has 2 rings (SSSR count). The third kappa shape index (κ3) is 5.03. The highest BCUT2D eigenvalue weighted by Crippen LogP contribution is 2.31. The number of allylic oxidation sites excluding steroid dienone is 1. The predicted molar refractivity (Wildman–Crippen MR) is 107 cm³/mol. The average Bonchev–Trinajstić information content (AvgIpc) is 3.09. The summed E-state index contributed by atoms with van der Waals surface area (Å²) < 4.78 is 12.6. The summed E-state index contributed by atoms with van der Waals surface area (Å²) in [7, 11) is 3.21. The molecule has 0 bridgehead atoms. The van der Waals surface area contributed by atoms with E-state index in [9.17, 15) is 4.79 Å². The molecule has 27 heavy (non-hydrogen) atoms. The Kier molecular flexibility index (Phi) is 7.72. The molecule has 1 heterocycles. The molecule has 0 radical (unpaired) electrons. The lowest BCUT2D eigenvalue weighted by Gasteiger charge is -2.18. The highest BCUT2D eigenvalue weighted by atomic mass is 32.2. The van der Waals surface area contributed by atoms with Crippen LogP contribution >= 0.6 is 11.8 Å². The standard InChI is InChI=1S/C19H26N4O3S/c1-6-9-23-18(14-10-15(25-4)12-16(11-14)26-5)20-21-19(23)27-13-17(24)22(7-2)8-3/h6,10-12H,1,7-9,13H2,2-5H3. The fourth-order valence-electron chi connectivity index (χ4n) is 2.63. The molecule has 0 saturated heterocycles. The Balaban J connectivity index is 2.32. The normalized spacial score (nSPS) is 10.5. The van der Waals surface area contributed by atoms with Crippen LogP contribution in [-0.4, -0.2) is 58.6 Å². The first-order chi connectivity index (χ1) is 13.1. The van der Waals surface area contributed by atoms with E-state index in [2.05, 4.69) is 16.8 Å². The number of carbonyl (C=O) groups excluding carboxylic acids is 1. The largest absolute Gasteiger partial charge is 0.497 e. The number of methoxy groups -OCH3 is 2. The van der Waals surface area contributed by atoms with Crippen LogP contribution in [0.1, 0.15) is 13.8 Å². The second kappa shape index (κ2) is 10.0. The molecule has 7 nitrogen and oxygen atoms in total. The van der Waals surface area contributed by atoms with Gasteiger partial charge in [0.1, 0.15) is 11.5 Å². The van der Waals surface area contributed by atoms with Crippen molar-refractivity contribution in [2.45, 2.75) is 25.5 Å². The second-order valence-corrected chi connectivity index (χ2v) is 6.60. The van der Waals surface area contributed by atoms with Crippen molar-refractivity contribution in [3.05, 3.63) is 30.9 Å². The molecule has 2 aromatic rings. The molecule has 0 aliphatic heterocycles. The van der Waals surface area contributed by atoms with Crippen molar-refractivity contribution in [1.82, 2.24) is 19.7 Å². The molecule has 0 N–H and O–H groups in total. The summed E-state index contributed by atoms with van der Waals surface area (Å²) in [5.74, 6) is 2.41. The quantitative estimate of drug-likeness (QED) is 0.459. The van der Waals surface area contributed by atoms with Crippen molar-refractivity contribution in [3.63, 3.8) is 0 Å². The molecule has 0 unspecified atom stereocenters. The lowest BCUT2D eigenvalue weighted by molar-refractivity contribution is -0.127. The first-order valence-electron chi connectivity index (χ1n) is 8.75. The van der Waals surface area contributed by atoms with E-state index in [0.717, 1.165) is 5.56 Å². The molecule has 1 amide bonds. The van der Waals surface area contributed by atoms with Crippen LogP contribution in [0.25, 0.3) is 11.4 Å². The van der Waals surface area contributed by atoms with Crippen LogP contribution in [0.3, 0.4) is 0 Å². The van der Waals surface area contributed by atoms with E-state index in [4.69, 9.17) is 9.47 Å². The zero-order chi connectivity index (χ0) is 19.8. The summed E-state index contributed by atoms with van der Waals surface area (Å²) in [6, 6.07) is 5.55. The summed E-state index contributed by atoms with van der Waals surface area (Å²) >= 11 is 1.38. The lowest BCUT2D eigenvalue weighted by atomic mass is 10.2. The molecule has 1 aromatic heterocycles. The van der Waals surface area contributed by atoms with Gasteiger partial charge in [-0.1, -0.05) is 17.8 Å². The van der Waals surface area contributed by atoms with Crippen LogP contribution in [0.2, 0.25) is 0 Å². The number of benzene rings is 1. The Hall–Kier alpha value is -2.48. The zero-order valence-electron chi connectivity index (χ0n) is 16.3. The van der Waals surface area contributed by atoms with Crippen molar-refractivity contribution in [2.75, 3.05) is 33.1 Å². The smallest absolute Gasteiger partial charge is 0.233 e. The highest BCUT2D eigenvalue weighted by Gasteiger charge is 2.18. The zero-order valence-corrected chi connectivity index (χ0v) is 17.1. The number of aromatic nitrogens is 3. The Morgan fingerprint density at radius 2 is 1.81 bits per heavy atom. The molecular formula is C19H26N4O3S. The van der Waals surface area contributed by atoms with Gasteiger partial charge >= 0.3 is 0 Å². The lowest BCUT2D eigenvalue weighted by Crippen LogP contribution is -2.31. The minimum Gasteiger partial charge on any atom is -0.497 e. The fourth-order valence-corrected chi connectivity index (χ4v) is 3.48. The van der Waals surface area contributed by atoms with Crippen LogP contribution in [0.5, 0.6) is 11.5 Å². The van der Waals surface area contributed by atoms with Crippen molar-refractivity contribution in [1.29, 1.82) is 0 Å². The maximum absolute atomic E-state index is 12.3.